The van der Waals surface area contributed by atoms with Crippen molar-refractivity contribution in [3.63, 3.8) is 0 Å². The Morgan fingerprint density at radius 3 is 2.91 bits per heavy atom. The summed E-state index contributed by atoms with van der Waals surface area (Å²) in [5.74, 6) is 1.76. The molecule has 0 aliphatic heterocycles. The van der Waals surface area contributed by atoms with Crippen molar-refractivity contribution >= 4 is 11.7 Å². The Hall–Kier alpha value is -3.22. The number of carbonyl (C=O) groups is 2. The van der Waals surface area contributed by atoms with Crippen LogP contribution in [0.2, 0.25) is 0 Å². The van der Waals surface area contributed by atoms with E-state index in [0.717, 1.165) is 36.1 Å². The fourth-order valence-corrected chi connectivity index (χ4v) is 5.04. The van der Waals surface area contributed by atoms with Crippen LogP contribution >= 0.6 is 0 Å². The molecule has 2 aliphatic rings. The zero-order valence-electron chi connectivity index (χ0n) is 19.6. The van der Waals surface area contributed by atoms with Gasteiger partial charge in [-0.05, 0) is 67.2 Å². The first-order valence-corrected chi connectivity index (χ1v) is 11.6. The number of nitrogens with one attached hydrogen (secondary N) is 1. The summed E-state index contributed by atoms with van der Waals surface area (Å²) >= 11 is 0. The molecule has 3 atom stereocenters. The van der Waals surface area contributed by atoms with Crippen molar-refractivity contribution in [2.75, 3.05) is 7.11 Å². The maximum atomic E-state index is 12.9. The van der Waals surface area contributed by atoms with Crippen molar-refractivity contribution in [3.05, 3.63) is 65.0 Å². The summed E-state index contributed by atoms with van der Waals surface area (Å²) in [4.78, 5) is 25.1. The van der Waals surface area contributed by atoms with Crippen LogP contribution in [0.5, 0.6) is 5.75 Å². The van der Waals surface area contributed by atoms with Gasteiger partial charge in [-0.3, -0.25) is 9.59 Å². The molecule has 7 heteroatoms. The average molecular weight is 449 g/mol. The van der Waals surface area contributed by atoms with Gasteiger partial charge in [-0.25, -0.2) is 4.68 Å². The number of rotatable bonds is 7. The lowest BCUT2D eigenvalue weighted by Gasteiger charge is -2.19. The molecule has 2 aliphatic carbocycles. The van der Waals surface area contributed by atoms with E-state index < -0.39 is 0 Å². The van der Waals surface area contributed by atoms with Crippen molar-refractivity contribution in [2.24, 2.45) is 17.8 Å². The highest BCUT2D eigenvalue weighted by Crippen LogP contribution is 2.45. The van der Waals surface area contributed by atoms with Crippen LogP contribution in [0.15, 0.2) is 53.8 Å². The summed E-state index contributed by atoms with van der Waals surface area (Å²) in [5, 5.41) is 11.3. The molecule has 4 rings (SSSR count). The minimum absolute atomic E-state index is 0.0667. The molecule has 1 aromatic heterocycles. The topological polar surface area (TPSA) is 86.1 Å². The van der Waals surface area contributed by atoms with Crippen molar-refractivity contribution in [2.45, 2.75) is 52.6 Å². The van der Waals surface area contributed by atoms with Crippen LogP contribution in [-0.2, 0) is 22.7 Å². The standard InChI is InChI=1S/C26H32N4O3/c1-16-8-9-20(11-24-18(3)25(31)12-23(16)24)17(2)26(32)27-13-21-15-30(29-28-21)14-19-6-5-7-22(10-19)33-4/h5-7,10,15-16,20,23H,2,8-9,11-14H2,1,3-4H3,(H,27,32)/t16-,20+,23-/m0/s1. The second-order valence-corrected chi connectivity index (χ2v) is 9.31. The molecule has 1 heterocycles. The molecule has 0 bridgehead atoms. The highest BCUT2D eigenvalue weighted by Gasteiger charge is 2.37. The summed E-state index contributed by atoms with van der Waals surface area (Å²) in [6.07, 6.45) is 5.14. The maximum absolute atomic E-state index is 12.9. The number of hydrogen-bond donors (Lipinski definition) is 1. The van der Waals surface area contributed by atoms with Gasteiger partial charge in [0.1, 0.15) is 11.4 Å². The van der Waals surface area contributed by atoms with Crippen LogP contribution < -0.4 is 10.1 Å². The molecule has 2 aromatic rings. The molecule has 7 nitrogen and oxygen atoms in total. The van der Waals surface area contributed by atoms with E-state index >= 15 is 0 Å². The van der Waals surface area contributed by atoms with E-state index in [1.807, 2.05) is 37.4 Å². The predicted octanol–water partition coefficient (Wildman–Crippen LogP) is 3.85. The van der Waals surface area contributed by atoms with Gasteiger partial charge in [0.15, 0.2) is 5.78 Å². The first-order valence-electron chi connectivity index (χ1n) is 11.6. The van der Waals surface area contributed by atoms with E-state index in [-0.39, 0.29) is 17.6 Å². The Morgan fingerprint density at radius 2 is 2.12 bits per heavy atom. The van der Waals surface area contributed by atoms with Crippen LogP contribution in [0.25, 0.3) is 0 Å². The molecule has 1 aromatic carbocycles. The number of amides is 1. The van der Waals surface area contributed by atoms with Gasteiger partial charge in [0.05, 0.1) is 26.4 Å². The van der Waals surface area contributed by atoms with Crippen LogP contribution in [-0.4, -0.2) is 33.8 Å². The predicted molar refractivity (Wildman–Crippen MR) is 125 cm³/mol. The summed E-state index contributed by atoms with van der Waals surface area (Å²) in [6, 6.07) is 7.80. The molecule has 0 unspecified atom stereocenters. The number of allylic oxidation sites excluding steroid dienone is 2. The number of Topliss-reactive ketones (excluding diaryl/α,β-unsaturated/α-hetero) is 1. The van der Waals surface area contributed by atoms with Crippen LogP contribution in [0.3, 0.4) is 0 Å². The van der Waals surface area contributed by atoms with Gasteiger partial charge in [-0.2, -0.15) is 0 Å². The summed E-state index contributed by atoms with van der Waals surface area (Å²) in [7, 11) is 1.64. The molecule has 174 valence electrons. The van der Waals surface area contributed by atoms with Crippen LogP contribution in [0.4, 0.5) is 0 Å². The fraction of sp³-hybridized carbons (Fsp3) is 0.462. The highest BCUT2D eigenvalue weighted by molar-refractivity contribution is 5.99. The van der Waals surface area contributed by atoms with E-state index in [4.69, 9.17) is 4.74 Å². The molecule has 1 N–H and O–H groups in total. The lowest BCUT2D eigenvalue weighted by atomic mass is 9.86. The van der Waals surface area contributed by atoms with E-state index in [2.05, 4.69) is 29.1 Å². The zero-order valence-corrected chi connectivity index (χ0v) is 19.6. The van der Waals surface area contributed by atoms with Crippen molar-refractivity contribution < 1.29 is 14.3 Å². The SMILES string of the molecule is C=C(C(=O)NCc1cn(Cc2cccc(OC)c2)nn1)[C@@H]1CC[C@H](C)[C@@H]2CC(=O)C(C)=C2C1. The quantitative estimate of drug-likeness (QED) is 0.650. The Balaban J connectivity index is 1.34. The fourth-order valence-electron chi connectivity index (χ4n) is 5.04. The van der Waals surface area contributed by atoms with E-state index in [1.54, 1.807) is 11.8 Å². The molecular weight excluding hydrogens is 416 g/mol. The maximum Gasteiger partial charge on any atom is 0.247 e. The number of ether oxygens (including phenoxy) is 1. The van der Waals surface area contributed by atoms with Gasteiger partial charge in [-0.1, -0.05) is 36.4 Å². The van der Waals surface area contributed by atoms with Crippen molar-refractivity contribution in [1.82, 2.24) is 20.3 Å². The van der Waals surface area contributed by atoms with E-state index in [9.17, 15) is 9.59 Å². The molecule has 1 amide bonds. The average Bonchev–Trinajstić information content (AvgIpc) is 3.33. The summed E-state index contributed by atoms with van der Waals surface area (Å²) < 4.78 is 7.00. The molecule has 0 spiro atoms. The molecule has 33 heavy (non-hydrogen) atoms. The Morgan fingerprint density at radius 1 is 1.30 bits per heavy atom. The molecule has 0 radical (unpaired) electrons. The smallest absolute Gasteiger partial charge is 0.247 e. The first kappa shape index (κ1) is 23.0. The molecular formula is C26H32N4O3. The van der Waals surface area contributed by atoms with E-state index in [1.165, 1.54) is 5.57 Å². The lowest BCUT2D eigenvalue weighted by molar-refractivity contribution is -0.118. The third kappa shape index (κ3) is 5.07. The largest absolute Gasteiger partial charge is 0.497 e. The van der Waals surface area contributed by atoms with Crippen molar-refractivity contribution in [1.29, 1.82) is 0 Å². The third-order valence-corrected chi connectivity index (χ3v) is 7.16. The monoisotopic (exact) mass is 448 g/mol. The molecule has 0 saturated heterocycles. The van der Waals surface area contributed by atoms with Gasteiger partial charge >= 0.3 is 0 Å². The molecule has 1 fully saturated rings. The van der Waals surface area contributed by atoms with E-state index in [0.29, 0.717) is 42.6 Å². The number of carbonyl (C=O) groups excluding carboxylic acids is 2. The number of aromatic nitrogens is 3. The first-order chi connectivity index (χ1) is 15.9. The lowest BCUT2D eigenvalue weighted by Crippen LogP contribution is -2.27. The van der Waals surface area contributed by atoms with Crippen molar-refractivity contribution in [3.8, 4) is 5.75 Å². The Bertz CT molecular complexity index is 1100. The third-order valence-electron chi connectivity index (χ3n) is 7.16. The zero-order chi connectivity index (χ0) is 23.5. The minimum Gasteiger partial charge on any atom is -0.497 e. The highest BCUT2D eigenvalue weighted by atomic mass is 16.5. The number of methoxy groups -OCH3 is 1. The molecule has 1 saturated carbocycles. The van der Waals surface area contributed by atoms with Crippen LogP contribution in [0, 0.1) is 17.8 Å². The number of fused-ring (bicyclic) bond motifs is 1. The number of benzene rings is 1. The van der Waals surface area contributed by atoms with Crippen LogP contribution in [0.1, 0.15) is 50.8 Å². The van der Waals surface area contributed by atoms with Gasteiger partial charge in [0, 0.05) is 12.0 Å². The normalized spacial score (nSPS) is 22.6. The van der Waals surface area contributed by atoms with Gasteiger partial charge in [0.25, 0.3) is 0 Å². The van der Waals surface area contributed by atoms with Gasteiger partial charge < -0.3 is 10.1 Å². The summed E-state index contributed by atoms with van der Waals surface area (Å²) in [6.45, 7) is 9.14. The number of nitrogens with zero attached hydrogens (tertiary/aromatic N) is 3. The second kappa shape index (κ2) is 9.73. The Kier molecular flexibility index (Phi) is 6.77. The summed E-state index contributed by atoms with van der Waals surface area (Å²) in [5.41, 5.74) is 4.47. The number of ketones is 1. The Labute approximate surface area is 194 Å². The minimum atomic E-state index is -0.156. The number of hydrogen-bond acceptors (Lipinski definition) is 5. The van der Waals surface area contributed by atoms with Gasteiger partial charge in [0.2, 0.25) is 5.91 Å². The van der Waals surface area contributed by atoms with Gasteiger partial charge in [-0.15, -0.1) is 5.10 Å². The second-order valence-electron chi connectivity index (χ2n) is 9.31.